The fraction of sp³-hybridized carbons (Fsp3) is 0.250. The maximum absolute atomic E-state index is 10.9. The predicted octanol–water partition coefficient (Wildman–Crippen LogP) is 1.34. The Bertz CT molecular complexity index is 594. The molecule has 0 atom stereocenters. The van der Waals surface area contributed by atoms with Gasteiger partial charge < -0.3 is 15.6 Å². The number of nitrogens with two attached hydrogens (primary N) is 1. The maximum atomic E-state index is 10.9. The van der Waals surface area contributed by atoms with Crippen molar-refractivity contribution < 1.29 is 14.6 Å². The second-order valence-corrected chi connectivity index (χ2v) is 3.86. The van der Waals surface area contributed by atoms with E-state index in [-0.39, 0.29) is 11.4 Å². The number of nitrogens with zero attached hydrogens (tertiary/aromatic N) is 3. The topological polar surface area (TPSA) is 103 Å². The Kier molecular flexibility index (Phi) is 3.65. The number of pyridine rings is 1. The molecule has 0 saturated heterocycles. The second kappa shape index (κ2) is 5.38. The van der Waals surface area contributed by atoms with Crippen LogP contribution in [0.5, 0.6) is 5.75 Å². The highest BCUT2D eigenvalue weighted by Gasteiger charge is 2.16. The van der Waals surface area contributed by atoms with Gasteiger partial charge in [0.2, 0.25) is 0 Å². The number of aromatic nitrogens is 3. The number of hydrogen-bond acceptors (Lipinski definition) is 5. The van der Waals surface area contributed by atoms with Crippen molar-refractivity contribution in [2.45, 2.75) is 13.3 Å². The van der Waals surface area contributed by atoms with E-state index in [0.717, 1.165) is 6.42 Å². The molecule has 0 aliphatic carbocycles. The van der Waals surface area contributed by atoms with Gasteiger partial charge >= 0.3 is 5.97 Å². The van der Waals surface area contributed by atoms with Crippen LogP contribution in [0.2, 0.25) is 0 Å². The lowest BCUT2D eigenvalue weighted by Gasteiger charge is -2.08. The number of hydrogen-bond donors (Lipinski definition) is 2. The van der Waals surface area contributed by atoms with Crippen LogP contribution in [0, 0.1) is 0 Å². The second-order valence-electron chi connectivity index (χ2n) is 3.86. The number of nitrogen functional groups attached to an aromatic ring is 1. The smallest absolute Gasteiger partial charge is 0.358 e. The summed E-state index contributed by atoms with van der Waals surface area (Å²) in [7, 11) is 0. The van der Waals surface area contributed by atoms with Crippen LogP contribution in [0.1, 0.15) is 23.8 Å². The molecule has 19 heavy (non-hydrogen) atoms. The van der Waals surface area contributed by atoms with Gasteiger partial charge in [-0.15, -0.1) is 0 Å². The van der Waals surface area contributed by atoms with E-state index in [4.69, 9.17) is 15.6 Å². The number of aromatic carboxylic acids is 1. The summed E-state index contributed by atoms with van der Waals surface area (Å²) in [5.74, 6) is -0.234. The van der Waals surface area contributed by atoms with Gasteiger partial charge in [-0.1, -0.05) is 6.92 Å². The summed E-state index contributed by atoms with van der Waals surface area (Å²) in [6, 6.07) is 3.48. The fourth-order valence-electron chi connectivity index (χ4n) is 1.54. The summed E-state index contributed by atoms with van der Waals surface area (Å²) in [5.41, 5.74) is 5.48. The zero-order chi connectivity index (χ0) is 13.8. The summed E-state index contributed by atoms with van der Waals surface area (Å²) in [6.45, 7) is 2.53. The van der Waals surface area contributed by atoms with E-state index >= 15 is 0 Å². The first-order chi connectivity index (χ1) is 9.13. The summed E-state index contributed by atoms with van der Waals surface area (Å²) >= 11 is 0. The average molecular weight is 262 g/mol. The largest absolute Gasteiger partial charge is 0.490 e. The number of ether oxygens (including phenoxy) is 1. The minimum atomic E-state index is -1.18. The highest BCUT2D eigenvalue weighted by molar-refractivity contribution is 5.91. The zero-order valence-electron chi connectivity index (χ0n) is 10.4. The summed E-state index contributed by atoms with van der Waals surface area (Å²) in [4.78, 5) is 15.1. The van der Waals surface area contributed by atoms with Crippen molar-refractivity contribution >= 4 is 11.7 Å². The maximum Gasteiger partial charge on any atom is 0.358 e. The first-order valence-electron chi connectivity index (χ1n) is 5.80. The molecule has 2 aromatic rings. The first kappa shape index (κ1) is 12.9. The number of carbonyl (C=O) groups is 1. The quantitative estimate of drug-likeness (QED) is 0.842. The van der Waals surface area contributed by atoms with Gasteiger partial charge in [0.15, 0.2) is 17.3 Å². The fourth-order valence-corrected chi connectivity index (χ4v) is 1.54. The van der Waals surface area contributed by atoms with E-state index in [1.54, 1.807) is 18.3 Å². The lowest BCUT2D eigenvalue weighted by Crippen LogP contribution is -2.06. The Morgan fingerprint density at radius 2 is 2.37 bits per heavy atom. The molecule has 0 fully saturated rings. The van der Waals surface area contributed by atoms with E-state index in [1.807, 2.05) is 6.92 Å². The van der Waals surface area contributed by atoms with Crippen molar-refractivity contribution in [1.82, 2.24) is 14.8 Å². The van der Waals surface area contributed by atoms with Crippen LogP contribution in [-0.2, 0) is 0 Å². The predicted molar refractivity (Wildman–Crippen MR) is 68.5 cm³/mol. The van der Waals surface area contributed by atoms with Crippen LogP contribution in [0.25, 0.3) is 5.82 Å². The highest BCUT2D eigenvalue weighted by Crippen LogP contribution is 2.21. The van der Waals surface area contributed by atoms with Crippen molar-refractivity contribution in [2.24, 2.45) is 0 Å². The molecule has 2 aromatic heterocycles. The third-order valence-corrected chi connectivity index (χ3v) is 2.37. The van der Waals surface area contributed by atoms with Crippen LogP contribution in [0.4, 0.5) is 5.69 Å². The third-order valence-electron chi connectivity index (χ3n) is 2.37. The molecule has 0 spiro atoms. The van der Waals surface area contributed by atoms with Gasteiger partial charge in [0.05, 0.1) is 18.5 Å². The van der Waals surface area contributed by atoms with Crippen molar-refractivity contribution in [1.29, 1.82) is 0 Å². The SMILES string of the molecule is CCCOc1cccnc1-n1cc(N)c(C(=O)O)n1. The molecular formula is C12H14N4O3. The zero-order valence-corrected chi connectivity index (χ0v) is 10.4. The Morgan fingerprint density at radius 3 is 3.00 bits per heavy atom. The van der Waals surface area contributed by atoms with Gasteiger partial charge in [-0.25, -0.2) is 14.5 Å². The molecule has 0 saturated carbocycles. The van der Waals surface area contributed by atoms with Crippen LogP contribution in [-0.4, -0.2) is 32.4 Å². The standard InChI is InChI=1S/C12H14N4O3/c1-2-6-19-9-4-3-5-14-11(9)16-7-8(13)10(15-16)12(17)18/h3-5,7H,2,6,13H2,1H3,(H,17,18). The van der Waals surface area contributed by atoms with Gasteiger partial charge in [0, 0.05) is 6.20 Å². The van der Waals surface area contributed by atoms with Gasteiger partial charge in [-0.2, -0.15) is 5.10 Å². The molecule has 7 heteroatoms. The van der Waals surface area contributed by atoms with E-state index in [9.17, 15) is 4.79 Å². The molecule has 2 rings (SSSR count). The number of rotatable bonds is 5. The van der Waals surface area contributed by atoms with Crippen molar-refractivity contribution in [3.8, 4) is 11.6 Å². The molecule has 0 bridgehead atoms. The molecule has 7 nitrogen and oxygen atoms in total. The monoisotopic (exact) mass is 262 g/mol. The minimum absolute atomic E-state index is 0.0830. The molecule has 0 aromatic carbocycles. The lowest BCUT2D eigenvalue weighted by molar-refractivity contribution is 0.0691. The molecule has 2 heterocycles. The van der Waals surface area contributed by atoms with Crippen LogP contribution in [0.15, 0.2) is 24.5 Å². The summed E-state index contributed by atoms with van der Waals surface area (Å²) < 4.78 is 6.85. The molecule has 0 unspecified atom stereocenters. The highest BCUT2D eigenvalue weighted by atomic mass is 16.5. The molecule has 0 amide bonds. The number of carboxylic acid groups (broad SMARTS) is 1. The van der Waals surface area contributed by atoms with E-state index in [2.05, 4.69) is 10.1 Å². The number of anilines is 1. The molecule has 0 aliphatic rings. The Labute approximate surface area is 109 Å². The van der Waals surface area contributed by atoms with E-state index in [0.29, 0.717) is 18.2 Å². The molecule has 0 aliphatic heterocycles. The molecule has 3 N–H and O–H groups in total. The Morgan fingerprint density at radius 1 is 1.58 bits per heavy atom. The lowest BCUT2D eigenvalue weighted by atomic mass is 10.4. The van der Waals surface area contributed by atoms with Crippen molar-refractivity contribution in [3.63, 3.8) is 0 Å². The number of carboxylic acids is 1. The molecule has 0 radical (unpaired) electrons. The molecular weight excluding hydrogens is 248 g/mol. The average Bonchev–Trinajstić information content (AvgIpc) is 2.79. The van der Waals surface area contributed by atoms with Gasteiger partial charge in [0.25, 0.3) is 0 Å². The van der Waals surface area contributed by atoms with Gasteiger partial charge in [0.1, 0.15) is 0 Å². The van der Waals surface area contributed by atoms with Gasteiger partial charge in [-0.05, 0) is 18.6 Å². The summed E-state index contributed by atoms with van der Waals surface area (Å²) in [5, 5.41) is 12.8. The molecule has 100 valence electrons. The Hall–Kier alpha value is -2.57. The first-order valence-corrected chi connectivity index (χ1v) is 5.80. The van der Waals surface area contributed by atoms with Crippen molar-refractivity contribution in [3.05, 3.63) is 30.2 Å². The van der Waals surface area contributed by atoms with Crippen LogP contribution < -0.4 is 10.5 Å². The van der Waals surface area contributed by atoms with Crippen LogP contribution in [0.3, 0.4) is 0 Å². The normalized spacial score (nSPS) is 10.4. The van der Waals surface area contributed by atoms with Crippen molar-refractivity contribution in [2.75, 3.05) is 12.3 Å². The van der Waals surface area contributed by atoms with Crippen LogP contribution >= 0.6 is 0 Å². The van der Waals surface area contributed by atoms with E-state index in [1.165, 1.54) is 10.9 Å². The third kappa shape index (κ3) is 2.65. The van der Waals surface area contributed by atoms with Gasteiger partial charge in [-0.3, -0.25) is 0 Å². The van der Waals surface area contributed by atoms with E-state index < -0.39 is 5.97 Å². The Balaban J connectivity index is 2.41. The summed E-state index contributed by atoms with van der Waals surface area (Å²) in [6.07, 6.45) is 3.84. The minimum Gasteiger partial charge on any atom is -0.490 e.